The quantitative estimate of drug-likeness (QED) is 0.707. The van der Waals surface area contributed by atoms with Crippen molar-refractivity contribution >= 4 is 11.9 Å². The first-order valence-corrected chi connectivity index (χ1v) is 4.97. The molecule has 2 bridgehead atoms. The standard InChI is InChI=1S/C10H14O5/c1-9(7(11)12)5-3-4-6(15-5)10(9,2)8(13)14/h5-6H,3-4H2,1-2H3,(H,11,12)(H,13,14). The predicted octanol–water partition coefficient (Wildman–Crippen LogP) is 0.729. The van der Waals surface area contributed by atoms with Crippen molar-refractivity contribution in [3.63, 3.8) is 0 Å². The molecule has 15 heavy (non-hydrogen) atoms. The van der Waals surface area contributed by atoms with Crippen molar-refractivity contribution in [3.05, 3.63) is 0 Å². The van der Waals surface area contributed by atoms with Crippen molar-refractivity contribution in [2.45, 2.75) is 38.9 Å². The zero-order chi connectivity index (χ0) is 11.4. The van der Waals surface area contributed by atoms with Gasteiger partial charge < -0.3 is 14.9 Å². The van der Waals surface area contributed by atoms with Crippen LogP contribution in [0.15, 0.2) is 0 Å². The van der Waals surface area contributed by atoms with Crippen LogP contribution in [-0.2, 0) is 14.3 Å². The van der Waals surface area contributed by atoms with Crippen molar-refractivity contribution in [2.75, 3.05) is 0 Å². The van der Waals surface area contributed by atoms with Crippen molar-refractivity contribution in [3.8, 4) is 0 Å². The number of ether oxygens (including phenoxy) is 1. The van der Waals surface area contributed by atoms with Gasteiger partial charge in [-0.05, 0) is 26.7 Å². The Kier molecular flexibility index (Phi) is 1.89. The van der Waals surface area contributed by atoms with Crippen LogP contribution in [0.25, 0.3) is 0 Å². The molecule has 2 heterocycles. The minimum Gasteiger partial charge on any atom is -0.481 e. The first kappa shape index (κ1) is 10.4. The highest BCUT2D eigenvalue weighted by atomic mass is 16.5. The monoisotopic (exact) mass is 214 g/mol. The summed E-state index contributed by atoms with van der Waals surface area (Å²) in [6.45, 7) is 2.96. The van der Waals surface area contributed by atoms with E-state index in [1.807, 2.05) is 0 Å². The van der Waals surface area contributed by atoms with Gasteiger partial charge in [0.1, 0.15) is 10.8 Å². The van der Waals surface area contributed by atoms with Crippen molar-refractivity contribution in [1.82, 2.24) is 0 Å². The molecule has 2 aliphatic rings. The van der Waals surface area contributed by atoms with Gasteiger partial charge in [0, 0.05) is 0 Å². The summed E-state index contributed by atoms with van der Waals surface area (Å²) >= 11 is 0. The van der Waals surface area contributed by atoms with Crippen LogP contribution in [0.5, 0.6) is 0 Å². The first-order valence-electron chi connectivity index (χ1n) is 4.97. The largest absolute Gasteiger partial charge is 0.481 e. The van der Waals surface area contributed by atoms with Gasteiger partial charge in [-0.1, -0.05) is 0 Å². The molecule has 0 aromatic rings. The van der Waals surface area contributed by atoms with Crippen LogP contribution in [0.3, 0.4) is 0 Å². The number of rotatable bonds is 2. The third kappa shape index (κ3) is 0.916. The minimum absolute atomic E-state index is 0.471. The van der Waals surface area contributed by atoms with Gasteiger partial charge in [0.2, 0.25) is 0 Å². The summed E-state index contributed by atoms with van der Waals surface area (Å²) in [4.78, 5) is 22.6. The summed E-state index contributed by atoms with van der Waals surface area (Å²) < 4.78 is 5.46. The smallest absolute Gasteiger partial charge is 0.313 e. The van der Waals surface area contributed by atoms with Crippen LogP contribution in [0.1, 0.15) is 26.7 Å². The summed E-state index contributed by atoms with van der Waals surface area (Å²) in [7, 11) is 0. The summed E-state index contributed by atoms with van der Waals surface area (Å²) in [5.41, 5.74) is -2.64. The van der Waals surface area contributed by atoms with E-state index in [0.717, 1.165) is 0 Å². The zero-order valence-corrected chi connectivity index (χ0v) is 8.69. The highest BCUT2D eigenvalue weighted by Crippen LogP contribution is 2.59. The van der Waals surface area contributed by atoms with E-state index in [0.29, 0.717) is 12.8 Å². The number of carbonyl (C=O) groups is 2. The van der Waals surface area contributed by atoms with Crippen LogP contribution in [0.4, 0.5) is 0 Å². The number of carboxylic acids is 2. The van der Waals surface area contributed by atoms with Gasteiger partial charge >= 0.3 is 11.9 Å². The molecule has 0 radical (unpaired) electrons. The Balaban J connectivity index is 2.53. The van der Waals surface area contributed by atoms with E-state index >= 15 is 0 Å². The molecule has 5 nitrogen and oxygen atoms in total. The van der Waals surface area contributed by atoms with E-state index in [-0.39, 0.29) is 0 Å². The van der Waals surface area contributed by atoms with Gasteiger partial charge in [-0.3, -0.25) is 9.59 Å². The molecule has 0 amide bonds. The Morgan fingerprint density at radius 2 is 1.40 bits per heavy atom. The van der Waals surface area contributed by atoms with Gasteiger partial charge in [-0.15, -0.1) is 0 Å². The van der Waals surface area contributed by atoms with E-state index in [4.69, 9.17) is 4.74 Å². The van der Waals surface area contributed by atoms with Crippen LogP contribution < -0.4 is 0 Å². The van der Waals surface area contributed by atoms with Gasteiger partial charge in [-0.2, -0.15) is 0 Å². The molecule has 84 valence electrons. The van der Waals surface area contributed by atoms with Crippen LogP contribution in [-0.4, -0.2) is 34.4 Å². The van der Waals surface area contributed by atoms with Crippen molar-refractivity contribution in [1.29, 1.82) is 0 Å². The van der Waals surface area contributed by atoms with Crippen LogP contribution in [0, 0.1) is 10.8 Å². The highest BCUT2D eigenvalue weighted by Gasteiger charge is 2.71. The lowest BCUT2D eigenvalue weighted by Crippen LogP contribution is -2.55. The molecule has 2 rings (SSSR count). The summed E-state index contributed by atoms with van der Waals surface area (Å²) in [6, 6.07) is 0. The van der Waals surface area contributed by atoms with E-state index in [1.165, 1.54) is 13.8 Å². The molecule has 2 aliphatic heterocycles. The van der Waals surface area contributed by atoms with Crippen LogP contribution >= 0.6 is 0 Å². The molecule has 4 atom stereocenters. The van der Waals surface area contributed by atoms with Crippen LogP contribution in [0.2, 0.25) is 0 Å². The van der Waals surface area contributed by atoms with Gasteiger partial charge in [0.25, 0.3) is 0 Å². The normalized spacial score (nSPS) is 48.1. The SMILES string of the molecule is CC1(C(=O)O)C2CCC(O2)C1(C)C(=O)O. The lowest BCUT2D eigenvalue weighted by molar-refractivity contribution is -0.172. The Hall–Kier alpha value is -1.10. The molecule has 0 aromatic heterocycles. The lowest BCUT2D eigenvalue weighted by Gasteiger charge is -2.40. The molecule has 0 aliphatic carbocycles. The highest BCUT2D eigenvalue weighted by molar-refractivity contribution is 5.88. The molecule has 2 N–H and O–H groups in total. The number of aliphatic carboxylic acids is 2. The molecule has 2 saturated heterocycles. The number of hydrogen-bond acceptors (Lipinski definition) is 3. The molecule has 0 spiro atoms. The molecule has 2 fully saturated rings. The van der Waals surface area contributed by atoms with Gasteiger partial charge in [-0.25, -0.2) is 0 Å². The number of hydrogen-bond donors (Lipinski definition) is 2. The molecule has 5 heteroatoms. The lowest BCUT2D eigenvalue weighted by atomic mass is 9.57. The average Bonchev–Trinajstić information content (AvgIpc) is 2.69. The van der Waals surface area contributed by atoms with E-state index in [1.54, 1.807) is 0 Å². The van der Waals surface area contributed by atoms with Gasteiger partial charge in [0.15, 0.2) is 0 Å². The average molecular weight is 214 g/mol. The van der Waals surface area contributed by atoms with Crippen molar-refractivity contribution in [2.24, 2.45) is 10.8 Å². The summed E-state index contributed by atoms with van der Waals surface area (Å²) in [6.07, 6.45) is 0.328. The maximum atomic E-state index is 11.3. The fraction of sp³-hybridized carbons (Fsp3) is 0.800. The first-order chi connectivity index (χ1) is 6.85. The molecular weight excluding hydrogens is 200 g/mol. The Labute approximate surface area is 87.0 Å². The third-order valence-corrected chi connectivity index (χ3v) is 4.27. The molecule has 0 saturated carbocycles. The third-order valence-electron chi connectivity index (χ3n) is 4.27. The van der Waals surface area contributed by atoms with Crippen molar-refractivity contribution < 1.29 is 24.5 Å². The maximum absolute atomic E-state index is 11.3. The van der Waals surface area contributed by atoms with E-state index in [2.05, 4.69) is 0 Å². The van der Waals surface area contributed by atoms with Gasteiger partial charge in [0.05, 0.1) is 12.2 Å². The van der Waals surface area contributed by atoms with E-state index < -0.39 is 35.0 Å². The fourth-order valence-corrected chi connectivity index (χ4v) is 2.88. The second-order valence-corrected chi connectivity index (χ2v) is 4.71. The summed E-state index contributed by atoms with van der Waals surface area (Å²) in [5, 5.41) is 18.5. The zero-order valence-electron chi connectivity index (χ0n) is 8.69. The summed E-state index contributed by atoms with van der Waals surface area (Å²) in [5.74, 6) is -2.17. The maximum Gasteiger partial charge on any atom is 0.313 e. The minimum atomic E-state index is -1.32. The molecule has 0 aromatic carbocycles. The fourth-order valence-electron chi connectivity index (χ4n) is 2.88. The second kappa shape index (κ2) is 2.72. The Morgan fingerprint density at radius 3 is 1.67 bits per heavy atom. The Morgan fingerprint density at radius 1 is 1.07 bits per heavy atom. The molecule has 4 unspecified atom stereocenters. The van der Waals surface area contributed by atoms with E-state index in [9.17, 15) is 19.8 Å². The Bertz CT molecular complexity index is 307. The number of carboxylic acid groups (broad SMARTS) is 2. The second-order valence-electron chi connectivity index (χ2n) is 4.71. The topological polar surface area (TPSA) is 83.8 Å². The molecular formula is C10H14O5. The predicted molar refractivity (Wildman–Crippen MR) is 49.4 cm³/mol. The number of fused-ring (bicyclic) bond motifs is 2.